The van der Waals surface area contributed by atoms with Gasteiger partial charge in [-0.2, -0.15) is 5.06 Å². The molecule has 43 heavy (non-hydrogen) atoms. The topological polar surface area (TPSA) is 76.2 Å². The number of hydroxylamine groups is 2. The second kappa shape index (κ2) is 12.0. The van der Waals surface area contributed by atoms with Gasteiger partial charge in [-0.15, -0.1) is 0 Å². The van der Waals surface area contributed by atoms with Gasteiger partial charge in [-0.05, 0) is 48.2 Å². The van der Waals surface area contributed by atoms with Crippen LogP contribution in [0.1, 0.15) is 54.2 Å². The number of sulfonamides is 1. The number of benzene rings is 4. The van der Waals surface area contributed by atoms with Crippen LogP contribution in [0.15, 0.2) is 114 Å². The highest BCUT2D eigenvalue weighted by Crippen LogP contribution is 2.61. The van der Waals surface area contributed by atoms with E-state index in [-0.39, 0.29) is 18.0 Å². The molecule has 0 aliphatic carbocycles. The maximum atomic E-state index is 14.6. The third-order valence-electron chi connectivity index (χ3n) is 8.39. The molecule has 0 unspecified atom stereocenters. The number of anilines is 1. The quantitative estimate of drug-likeness (QED) is 0.157. The van der Waals surface area contributed by atoms with Crippen molar-refractivity contribution < 1.29 is 22.8 Å². The fraction of sp³-hybridized carbons (Fsp3) is 0.286. The van der Waals surface area contributed by atoms with Crippen molar-refractivity contribution in [2.75, 3.05) is 17.5 Å². The summed E-state index contributed by atoms with van der Waals surface area (Å²) in [4.78, 5) is 21.5. The maximum absolute atomic E-state index is 14.6. The van der Waals surface area contributed by atoms with Gasteiger partial charge in [-0.25, -0.2) is 8.42 Å². The minimum atomic E-state index is -4.06. The smallest absolute Gasteiger partial charge is 0.319 e. The Morgan fingerprint density at radius 3 is 2.26 bits per heavy atom. The molecule has 0 N–H and O–H groups in total. The Labute approximate surface area is 253 Å². The second-order valence-corrected chi connectivity index (χ2v) is 13.1. The average molecular weight is 597 g/mol. The van der Waals surface area contributed by atoms with Crippen molar-refractivity contribution in [3.8, 4) is 0 Å². The SMILES string of the molecule is CCCCOC(=O)[C@]12CN(S(=O)(=O)c3ccc(C)cc3)c3ccccc3[C@H]1N(Cc1ccccc1)O[C@H]2c1ccccc1. The minimum Gasteiger partial charge on any atom is -0.465 e. The van der Waals surface area contributed by atoms with Crippen LogP contribution in [-0.2, 0) is 30.9 Å². The molecule has 4 aromatic carbocycles. The van der Waals surface area contributed by atoms with Crippen molar-refractivity contribution in [1.29, 1.82) is 0 Å². The predicted octanol–water partition coefficient (Wildman–Crippen LogP) is 6.76. The molecule has 2 aliphatic rings. The van der Waals surface area contributed by atoms with Gasteiger partial charge in [0.25, 0.3) is 10.0 Å². The Balaban J connectivity index is 1.57. The number of para-hydroxylation sites is 1. The molecule has 0 aromatic heterocycles. The van der Waals surface area contributed by atoms with Gasteiger partial charge in [-0.1, -0.05) is 110 Å². The van der Waals surface area contributed by atoms with Gasteiger partial charge in [-0.3, -0.25) is 13.9 Å². The Hall–Kier alpha value is -3.98. The van der Waals surface area contributed by atoms with Crippen LogP contribution in [0.25, 0.3) is 0 Å². The van der Waals surface area contributed by atoms with Crippen molar-refractivity contribution in [3.63, 3.8) is 0 Å². The molecular weight excluding hydrogens is 560 g/mol. The van der Waals surface area contributed by atoms with E-state index >= 15 is 0 Å². The van der Waals surface area contributed by atoms with Crippen LogP contribution < -0.4 is 4.31 Å². The van der Waals surface area contributed by atoms with Gasteiger partial charge in [0, 0.05) is 6.54 Å². The Kier molecular flexibility index (Phi) is 8.09. The van der Waals surface area contributed by atoms with E-state index in [0.717, 1.165) is 23.1 Å². The fourth-order valence-corrected chi connectivity index (χ4v) is 7.76. The number of hydrogen-bond donors (Lipinski definition) is 0. The number of nitrogens with zero attached hydrogens (tertiary/aromatic N) is 2. The monoisotopic (exact) mass is 596 g/mol. The number of esters is 1. The molecule has 3 atom stereocenters. The molecule has 222 valence electrons. The lowest BCUT2D eigenvalue weighted by Crippen LogP contribution is -2.55. The van der Waals surface area contributed by atoms with Gasteiger partial charge >= 0.3 is 5.97 Å². The van der Waals surface area contributed by atoms with E-state index in [1.807, 2.05) is 104 Å². The molecule has 0 radical (unpaired) electrons. The van der Waals surface area contributed by atoms with E-state index in [1.54, 1.807) is 24.3 Å². The number of aryl methyl sites for hydroxylation is 1. The number of carbonyl (C=O) groups excluding carboxylic acids is 1. The molecular formula is C35H36N2O5S. The molecule has 0 amide bonds. The number of carbonyl (C=O) groups is 1. The zero-order chi connectivity index (χ0) is 30.0. The molecule has 0 saturated carbocycles. The zero-order valence-corrected chi connectivity index (χ0v) is 25.2. The third kappa shape index (κ3) is 5.24. The minimum absolute atomic E-state index is 0.138. The molecule has 4 aromatic rings. The summed E-state index contributed by atoms with van der Waals surface area (Å²) >= 11 is 0. The van der Waals surface area contributed by atoms with Crippen molar-refractivity contribution in [1.82, 2.24) is 5.06 Å². The Bertz CT molecular complexity index is 1680. The Morgan fingerprint density at radius 1 is 0.907 bits per heavy atom. The van der Waals surface area contributed by atoms with Gasteiger partial charge < -0.3 is 4.74 Å². The molecule has 1 fully saturated rings. The highest BCUT2D eigenvalue weighted by atomic mass is 32.2. The first-order valence-corrected chi connectivity index (χ1v) is 16.2. The first-order valence-electron chi connectivity index (χ1n) is 14.7. The normalized spacial score (nSPS) is 21.7. The van der Waals surface area contributed by atoms with Crippen molar-refractivity contribution in [2.45, 2.75) is 50.3 Å². The molecule has 2 heterocycles. The summed E-state index contributed by atoms with van der Waals surface area (Å²) in [6, 6.07) is 33.1. The van der Waals surface area contributed by atoms with Crippen LogP contribution >= 0.6 is 0 Å². The van der Waals surface area contributed by atoms with Crippen LogP contribution in [0.4, 0.5) is 5.69 Å². The van der Waals surface area contributed by atoms with Crippen molar-refractivity contribution in [2.24, 2.45) is 5.41 Å². The number of rotatable bonds is 9. The predicted molar refractivity (Wildman–Crippen MR) is 165 cm³/mol. The summed E-state index contributed by atoms with van der Waals surface area (Å²) in [7, 11) is -4.06. The first kappa shape index (κ1) is 29.1. The summed E-state index contributed by atoms with van der Waals surface area (Å²) in [5.41, 5.74) is 2.58. The highest BCUT2D eigenvalue weighted by Gasteiger charge is 2.66. The van der Waals surface area contributed by atoms with Crippen LogP contribution in [0.5, 0.6) is 0 Å². The lowest BCUT2D eigenvalue weighted by Gasteiger charge is -2.45. The average Bonchev–Trinajstić information content (AvgIpc) is 3.37. The van der Waals surface area contributed by atoms with E-state index in [9.17, 15) is 13.2 Å². The summed E-state index contributed by atoms with van der Waals surface area (Å²) in [6.07, 6.45) is 0.777. The fourth-order valence-electron chi connectivity index (χ4n) is 6.22. The highest BCUT2D eigenvalue weighted by molar-refractivity contribution is 7.92. The van der Waals surface area contributed by atoms with Crippen LogP contribution in [0.3, 0.4) is 0 Å². The molecule has 7 nitrogen and oxygen atoms in total. The summed E-state index contributed by atoms with van der Waals surface area (Å²) in [5, 5.41) is 1.85. The van der Waals surface area contributed by atoms with E-state index in [4.69, 9.17) is 9.57 Å². The summed E-state index contributed by atoms with van der Waals surface area (Å²) in [6.45, 7) is 4.46. The molecule has 1 saturated heterocycles. The molecule has 0 spiro atoms. The summed E-state index contributed by atoms with van der Waals surface area (Å²) < 4.78 is 36.2. The van der Waals surface area contributed by atoms with E-state index in [1.165, 1.54) is 4.31 Å². The van der Waals surface area contributed by atoms with Gasteiger partial charge in [0.2, 0.25) is 0 Å². The second-order valence-electron chi connectivity index (χ2n) is 11.3. The van der Waals surface area contributed by atoms with Gasteiger partial charge in [0.15, 0.2) is 0 Å². The third-order valence-corrected chi connectivity index (χ3v) is 10.2. The van der Waals surface area contributed by atoms with Crippen molar-refractivity contribution in [3.05, 3.63) is 131 Å². The maximum Gasteiger partial charge on any atom is 0.319 e. The van der Waals surface area contributed by atoms with Crippen molar-refractivity contribution >= 4 is 21.7 Å². The standard InChI is InChI=1S/C35H36N2O5S/c1-3-4-23-41-34(38)35-25-37(43(39,40)29-21-19-26(2)20-22-29)31-18-12-11-17-30(31)32(35)36(24-27-13-7-5-8-14-27)42-33(35)28-15-9-6-10-16-28/h5-22,32-33H,3-4,23-25H2,1-2H3/t32-,33+,35-/m1/s1. The van der Waals surface area contributed by atoms with E-state index < -0.39 is 33.6 Å². The van der Waals surface area contributed by atoms with Gasteiger partial charge in [0.1, 0.15) is 11.5 Å². The lowest BCUT2D eigenvalue weighted by atomic mass is 9.69. The first-order chi connectivity index (χ1) is 20.9. The molecule has 0 bridgehead atoms. The van der Waals surface area contributed by atoms with E-state index in [2.05, 4.69) is 0 Å². The molecule has 2 aliphatic heterocycles. The molecule has 8 heteroatoms. The van der Waals surface area contributed by atoms with Crippen LogP contribution in [0, 0.1) is 12.3 Å². The van der Waals surface area contributed by atoms with Gasteiger partial charge in [0.05, 0.1) is 29.8 Å². The number of unbranched alkanes of at least 4 members (excludes halogenated alkanes) is 1. The zero-order valence-electron chi connectivity index (χ0n) is 24.4. The number of fused-ring (bicyclic) bond motifs is 3. The number of ether oxygens (including phenoxy) is 1. The largest absolute Gasteiger partial charge is 0.465 e. The van der Waals surface area contributed by atoms with Crippen LogP contribution in [-0.4, -0.2) is 32.6 Å². The lowest BCUT2D eigenvalue weighted by molar-refractivity contribution is -0.175. The Morgan fingerprint density at radius 2 is 1.56 bits per heavy atom. The number of hydrogen-bond acceptors (Lipinski definition) is 6. The van der Waals surface area contributed by atoms with Crippen LogP contribution in [0.2, 0.25) is 0 Å². The summed E-state index contributed by atoms with van der Waals surface area (Å²) in [5.74, 6) is -0.464. The van der Waals surface area contributed by atoms with E-state index in [0.29, 0.717) is 24.2 Å². The molecule has 6 rings (SSSR count).